The standard InChI is InChI=1S/C9H22O5Si.C8H21F3O4Si3.C7H12O6Si.C4H14O3Si2/c1-10-7-8-14-6-5-9-15(11-2,12-3)13-4;1-16(2,12)14-18(5,15-17(3,4)13)7-6-8(9,10)11;1-5(8)11-14(4,12-6(2)9)13-7(3)10;1-8(2,5)7-9(3,4)6/h5-9H2,1-4H3;12-13H,6-7H2,1-5H3;1-4H3;5-6H,1-4H3. The van der Waals surface area contributed by atoms with E-state index in [-0.39, 0.29) is 6.04 Å². The second kappa shape index (κ2) is 27.9. The highest BCUT2D eigenvalue weighted by molar-refractivity contribution is 6.84. The number of halogens is 3. The summed E-state index contributed by atoms with van der Waals surface area (Å²) in [6.07, 6.45) is -4.47. The molecule has 28 heteroatoms. The Morgan fingerprint density at radius 3 is 1.11 bits per heavy atom. The van der Waals surface area contributed by atoms with Gasteiger partial charge in [-0.15, -0.1) is 0 Å². The van der Waals surface area contributed by atoms with Crippen molar-refractivity contribution in [2.45, 2.75) is 117 Å². The number of alkyl halides is 3. The SMILES string of the molecule is CC(=O)O[Si](C)(OC(C)=O)OC(C)=O.COCCOCCC[Si](OC)(OC)OC.C[Si](C)(O)O[Si](C)(C)O.C[Si](C)(O)O[Si](C)(CCC(F)(F)F)O[Si](C)(C)O. The maximum atomic E-state index is 12.3. The average Bonchev–Trinajstić information content (AvgIpc) is 2.91. The Morgan fingerprint density at radius 1 is 0.536 bits per heavy atom. The zero-order chi connectivity index (χ0) is 45.5. The molecule has 0 unspecified atom stereocenters. The zero-order valence-electron chi connectivity index (χ0n) is 36.1. The van der Waals surface area contributed by atoms with Crippen LogP contribution in [0.25, 0.3) is 0 Å². The molecule has 338 valence electrons. The Hall–Kier alpha value is -0.762. The van der Waals surface area contributed by atoms with E-state index in [1.54, 1.807) is 54.6 Å². The number of rotatable bonds is 21. The number of carbonyl (C=O) groups excluding carboxylic acids is 3. The molecule has 0 atom stereocenters. The van der Waals surface area contributed by atoms with Gasteiger partial charge in [-0.1, -0.05) is 0 Å². The lowest BCUT2D eigenvalue weighted by molar-refractivity contribution is -0.147. The van der Waals surface area contributed by atoms with Gasteiger partial charge < -0.3 is 67.6 Å². The zero-order valence-corrected chi connectivity index (χ0v) is 43.1. The highest BCUT2D eigenvalue weighted by Gasteiger charge is 2.46. The first-order chi connectivity index (χ1) is 24.8. The lowest BCUT2D eigenvalue weighted by Gasteiger charge is -2.36. The molecular weight excluding hydrogens is 878 g/mol. The molecule has 4 N–H and O–H groups in total. The number of ether oxygens (including phenoxy) is 2. The number of hydrogen-bond acceptors (Lipinski definition) is 18. The fraction of sp³-hybridized carbons (Fsp3) is 0.893. The maximum Gasteiger partial charge on any atom is 0.701 e. The van der Waals surface area contributed by atoms with E-state index in [9.17, 15) is 37.1 Å². The molecule has 0 radical (unpaired) electrons. The molecule has 0 aliphatic carbocycles. The minimum absolute atomic E-state index is 0.329. The van der Waals surface area contributed by atoms with Gasteiger partial charge in [-0.05, 0) is 71.4 Å². The monoisotopic (exact) mass is 946 g/mol. The molecule has 0 rings (SSSR count). The average molecular weight is 947 g/mol. The van der Waals surface area contributed by atoms with Gasteiger partial charge in [-0.2, -0.15) is 13.2 Å². The highest BCUT2D eigenvalue weighted by atomic mass is 28.5. The van der Waals surface area contributed by atoms with Crippen molar-refractivity contribution in [1.82, 2.24) is 0 Å². The molecule has 0 heterocycles. The van der Waals surface area contributed by atoms with E-state index >= 15 is 0 Å². The second-order valence-corrected chi connectivity index (χ2v) is 36.2. The van der Waals surface area contributed by atoms with Gasteiger partial charge in [-0.25, -0.2) is 0 Å². The summed E-state index contributed by atoms with van der Waals surface area (Å²) < 4.78 is 92.6. The van der Waals surface area contributed by atoms with E-state index in [4.69, 9.17) is 44.7 Å². The molecule has 0 aliphatic rings. The summed E-state index contributed by atoms with van der Waals surface area (Å²) in [7, 11) is -13.6. The van der Waals surface area contributed by atoms with Crippen molar-refractivity contribution in [3.05, 3.63) is 0 Å². The van der Waals surface area contributed by atoms with Gasteiger partial charge in [0.15, 0.2) is 0 Å². The predicted molar refractivity (Wildman–Crippen MR) is 215 cm³/mol. The van der Waals surface area contributed by atoms with E-state index in [0.29, 0.717) is 19.8 Å². The van der Waals surface area contributed by atoms with Gasteiger partial charge in [-0.3, -0.25) is 14.4 Å². The second-order valence-electron chi connectivity index (χ2n) is 14.0. The quantitative estimate of drug-likeness (QED) is 0.0941. The van der Waals surface area contributed by atoms with Crippen LogP contribution in [-0.4, -0.2) is 152 Å². The van der Waals surface area contributed by atoms with E-state index in [2.05, 4.69) is 13.3 Å². The Labute approximate surface area is 338 Å². The summed E-state index contributed by atoms with van der Waals surface area (Å²) in [6.45, 7) is 20.5. The van der Waals surface area contributed by atoms with Crippen LogP contribution in [0.1, 0.15) is 33.6 Å². The molecule has 0 fully saturated rings. The molecule has 0 saturated carbocycles. The molecule has 0 bridgehead atoms. The van der Waals surface area contributed by atoms with Crippen LogP contribution in [0.2, 0.25) is 77.6 Å². The van der Waals surface area contributed by atoms with Crippen LogP contribution >= 0.6 is 0 Å². The predicted octanol–water partition coefficient (Wildman–Crippen LogP) is 3.99. The Bertz CT molecular complexity index is 1020. The third-order valence-electron chi connectivity index (χ3n) is 5.42. The first-order valence-electron chi connectivity index (χ1n) is 17.2. The van der Waals surface area contributed by atoms with Crippen molar-refractivity contribution in [1.29, 1.82) is 0 Å². The largest absolute Gasteiger partial charge is 0.701 e. The van der Waals surface area contributed by atoms with Gasteiger partial charge >= 0.3 is 66.6 Å². The molecule has 0 aromatic rings. The summed E-state index contributed by atoms with van der Waals surface area (Å²) in [5.74, 6) is -2.00. The van der Waals surface area contributed by atoms with Crippen LogP contribution in [0, 0.1) is 0 Å². The van der Waals surface area contributed by atoms with Gasteiger partial charge in [0.25, 0.3) is 17.9 Å². The van der Waals surface area contributed by atoms with Crippen LogP contribution in [0.3, 0.4) is 0 Å². The van der Waals surface area contributed by atoms with Crippen molar-refractivity contribution >= 4 is 78.3 Å². The normalized spacial score (nSPS) is 12.9. The summed E-state index contributed by atoms with van der Waals surface area (Å²) >= 11 is 0. The molecule has 18 nitrogen and oxygen atoms in total. The minimum Gasteiger partial charge on any atom is -0.455 e. The molecule has 0 aromatic heterocycles. The molecule has 0 aromatic carbocycles. The van der Waals surface area contributed by atoms with Crippen molar-refractivity contribution < 1.29 is 95.1 Å². The van der Waals surface area contributed by atoms with Gasteiger partial charge in [0.1, 0.15) is 0 Å². The summed E-state index contributed by atoms with van der Waals surface area (Å²) in [4.78, 5) is 69.7. The van der Waals surface area contributed by atoms with Crippen LogP contribution < -0.4 is 0 Å². The first-order valence-corrected chi connectivity index (χ1v) is 35.3. The van der Waals surface area contributed by atoms with E-state index in [1.165, 1.54) is 39.3 Å². The van der Waals surface area contributed by atoms with Crippen LogP contribution in [-0.2, 0) is 62.8 Å². The topological polar surface area (TPSA) is 234 Å². The summed E-state index contributed by atoms with van der Waals surface area (Å²) in [5.41, 5.74) is 0. The molecule has 0 aliphatic heterocycles. The molecule has 0 saturated heterocycles. The van der Waals surface area contributed by atoms with Crippen molar-refractivity contribution in [3.63, 3.8) is 0 Å². The number of carbonyl (C=O) groups is 3. The Balaban J connectivity index is -0.000000330. The van der Waals surface area contributed by atoms with Crippen molar-refractivity contribution in [2.24, 2.45) is 0 Å². The van der Waals surface area contributed by atoms with Crippen LogP contribution in [0.15, 0.2) is 0 Å². The maximum absolute atomic E-state index is 12.3. The van der Waals surface area contributed by atoms with Crippen molar-refractivity contribution in [3.8, 4) is 0 Å². The van der Waals surface area contributed by atoms with E-state index < -0.39 is 90.9 Å². The molecule has 0 amide bonds. The lowest BCUT2D eigenvalue weighted by Crippen LogP contribution is -2.54. The van der Waals surface area contributed by atoms with E-state index in [1.807, 2.05) is 0 Å². The van der Waals surface area contributed by atoms with Crippen LogP contribution in [0.4, 0.5) is 13.2 Å². The lowest BCUT2D eigenvalue weighted by atomic mass is 10.5. The van der Waals surface area contributed by atoms with Gasteiger partial charge in [0.05, 0.1) is 13.2 Å². The fourth-order valence-corrected chi connectivity index (χ4v) is 23.0. The van der Waals surface area contributed by atoms with Crippen LogP contribution in [0.5, 0.6) is 0 Å². The highest BCUT2D eigenvalue weighted by Crippen LogP contribution is 2.30. The number of hydrogen-bond donors (Lipinski definition) is 4. The third-order valence-corrected chi connectivity index (χ3v) is 22.8. The summed E-state index contributed by atoms with van der Waals surface area (Å²) in [5, 5.41) is 0. The molecular formula is C28H69F3O18Si7. The molecule has 0 spiro atoms. The number of methoxy groups -OCH3 is 1. The first kappa shape index (κ1) is 61.9. The van der Waals surface area contributed by atoms with Gasteiger partial charge in [0, 0.05) is 74.8 Å². The Morgan fingerprint density at radius 2 is 0.875 bits per heavy atom. The third kappa shape index (κ3) is 44.3. The van der Waals surface area contributed by atoms with Gasteiger partial charge in [0.2, 0.25) is 0 Å². The molecule has 56 heavy (non-hydrogen) atoms. The Kier molecular flexibility index (Phi) is 30.8. The smallest absolute Gasteiger partial charge is 0.455 e. The minimum atomic E-state index is -4.30. The van der Waals surface area contributed by atoms with E-state index in [0.717, 1.165) is 33.2 Å². The summed E-state index contributed by atoms with van der Waals surface area (Å²) in [6, 6.07) is 0.438. The fourth-order valence-electron chi connectivity index (χ4n) is 4.20. The van der Waals surface area contributed by atoms with Crippen molar-refractivity contribution in [2.75, 3.05) is 48.3 Å².